The van der Waals surface area contributed by atoms with Crippen molar-refractivity contribution in [2.75, 3.05) is 44.2 Å². The molecule has 29 heavy (non-hydrogen) atoms. The van der Waals surface area contributed by atoms with E-state index in [0.717, 1.165) is 57.5 Å². The van der Waals surface area contributed by atoms with Gasteiger partial charge < -0.3 is 4.90 Å². The molecule has 5 nitrogen and oxygen atoms in total. The molecule has 1 aliphatic heterocycles. The molecule has 2 aromatic carbocycles. The minimum absolute atomic E-state index is 0.182. The first-order valence-corrected chi connectivity index (χ1v) is 11.8. The highest BCUT2D eigenvalue weighted by Crippen LogP contribution is 2.20. The van der Waals surface area contributed by atoms with Gasteiger partial charge in [0.25, 0.3) is 0 Å². The van der Waals surface area contributed by atoms with Gasteiger partial charge >= 0.3 is 0 Å². The number of para-hydroxylation sites is 1. The minimum atomic E-state index is -3.46. The largest absolute Gasteiger partial charge is 0.367 e. The van der Waals surface area contributed by atoms with Crippen LogP contribution < -0.4 is 9.62 Å². The monoisotopic (exact) mass is 419 g/mol. The zero-order valence-corrected chi connectivity index (χ0v) is 17.8. The molecule has 1 aliphatic rings. The molecule has 1 fully saturated rings. The van der Waals surface area contributed by atoms with E-state index >= 15 is 0 Å². The minimum Gasteiger partial charge on any atom is -0.367 e. The van der Waals surface area contributed by atoms with Crippen molar-refractivity contribution in [1.82, 2.24) is 9.62 Å². The topological polar surface area (TPSA) is 52.7 Å². The molecule has 0 saturated carbocycles. The van der Waals surface area contributed by atoms with Crippen LogP contribution in [-0.4, -0.2) is 52.6 Å². The van der Waals surface area contributed by atoms with Crippen LogP contribution in [0.4, 0.5) is 10.1 Å². The predicted molar refractivity (Wildman–Crippen MR) is 115 cm³/mol. The molecule has 0 aromatic heterocycles. The van der Waals surface area contributed by atoms with E-state index in [0.29, 0.717) is 17.1 Å². The second-order valence-electron chi connectivity index (χ2n) is 7.43. The maximum atomic E-state index is 13.9. The number of anilines is 1. The van der Waals surface area contributed by atoms with Crippen LogP contribution in [0.3, 0.4) is 0 Å². The Hall–Kier alpha value is -1.96. The third-order valence-corrected chi connectivity index (χ3v) is 6.76. The summed E-state index contributed by atoms with van der Waals surface area (Å²) in [4.78, 5) is 4.68. The lowest BCUT2D eigenvalue weighted by Gasteiger charge is -2.36. The summed E-state index contributed by atoms with van der Waals surface area (Å²) in [6.45, 7) is 6.58. The number of halogens is 1. The Bertz CT molecular complexity index is 879. The Morgan fingerprint density at radius 2 is 1.69 bits per heavy atom. The Labute approximate surface area is 173 Å². The molecule has 0 spiro atoms. The van der Waals surface area contributed by atoms with Crippen molar-refractivity contribution in [1.29, 1.82) is 0 Å². The van der Waals surface area contributed by atoms with Gasteiger partial charge in [0.1, 0.15) is 5.82 Å². The van der Waals surface area contributed by atoms with E-state index in [2.05, 4.69) is 21.4 Å². The van der Waals surface area contributed by atoms with Crippen LogP contribution in [0.1, 0.15) is 25.3 Å². The van der Waals surface area contributed by atoms with Crippen LogP contribution in [0.25, 0.3) is 0 Å². The molecule has 0 aliphatic carbocycles. The number of benzene rings is 2. The van der Waals surface area contributed by atoms with Gasteiger partial charge in [0.15, 0.2) is 0 Å². The molecule has 158 valence electrons. The molecule has 0 amide bonds. The summed E-state index contributed by atoms with van der Waals surface area (Å²) in [6.07, 6.45) is 2.74. The smallest absolute Gasteiger partial charge is 0.240 e. The van der Waals surface area contributed by atoms with Gasteiger partial charge in [-0.05, 0) is 49.2 Å². The number of hydrogen-bond donors (Lipinski definition) is 1. The molecule has 1 N–H and O–H groups in total. The fraction of sp³-hybridized carbons (Fsp3) is 0.455. The van der Waals surface area contributed by atoms with E-state index in [1.807, 2.05) is 24.3 Å². The van der Waals surface area contributed by atoms with Crippen molar-refractivity contribution in [2.24, 2.45) is 0 Å². The quantitative estimate of drug-likeness (QED) is 0.634. The predicted octanol–water partition coefficient (Wildman–Crippen LogP) is 3.27. The molecule has 0 unspecified atom stereocenters. The number of nitrogens with one attached hydrogen (secondary N) is 1. The van der Waals surface area contributed by atoms with Crippen molar-refractivity contribution < 1.29 is 12.8 Å². The van der Waals surface area contributed by atoms with Crippen molar-refractivity contribution in [3.63, 3.8) is 0 Å². The number of rotatable bonds is 9. The molecular weight excluding hydrogens is 389 g/mol. The zero-order chi connectivity index (χ0) is 20.7. The van der Waals surface area contributed by atoms with E-state index in [4.69, 9.17) is 0 Å². The van der Waals surface area contributed by atoms with Gasteiger partial charge in [-0.3, -0.25) is 4.90 Å². The molecule has 3 rings (SSSR count). The molecule has 0 atom stereocenters. The summed E-state index contributed by atoms with van der Waals surface area (Å²) in [7, 11) is -3.46. The average molecular weight is 420 g/mol. The summed E-state index contributed by atoms with van der Waals surface area (Å²) in [5, 5.41) is 0. The summed E-state index contributed by atoms with van der Waals surface area (Å²) < 4.78 is 41.4. The highest BCUT2D eigenvalue weighted by Gasteiger charge is 2.19. The number of sulfonamides is 1. The summed E-state index contributed by atoms with van der Waals surface area (Å²) >= 11 is 0. The molecular formula is C22H30FN3O2S. The maximum Gasteiger partial charge on any atom is 0.240 e. The van der Waals surface area contributed by atoms with Gasteiger partial charge in [0.2, 0.25) is 10.0 Å². The van der Waals surface area contributed by atoms with E-state index < -0.39 is 10.0 Å². The Kier molecular flexibility index (Phi) is 7.64. The fourth-order valence-electron chi connectivity index (χ4n) is 3.64. The van der Waals surface area contributed by atoms with Crippen LogP contribution >= 0.6 is 0 Å². The van der Waals surface area contributed by atoms with Crippen molar-refractivity contribution in [3.05, 3.63) is 59.9 Å². The normalized spacial score (nSPS) is 15.6. The van der Waals surface area contributed by atoms with Gasteiger partial charge in [-0.25, -0.2) is 17.5 Å². The lowest BCUT2D eigenvalue weighted by Crippen LogP contribution is -2.47. The van der Waals surface area contributed by atoms with E-state index in [1.54, 1.807) is 18.2 Å². The summed E-state index contributed by atoms with van der Waals surface area (Å²) in [5.74, 6) is -0.182. The second-order valence-corrected chi connectivity index (χ2v) is 9.19. The van der Waals surface area contributed by atoms with Crippen molar-refractivity contribution >= 4 is 15.7 Å². The standard InChI is InChI=1S/C22H30FN3O2S/c1-2-6-19-9-11-20(12-10-19)29(27,28)24-13-5-14-25-15-17-26(18-16-25)22-8-4-3-7-21(22)23/h3-4,7-12,24H,2,5-6,13-18H2,1H3. The van der Waals surface area contributed by atoms with Crippen molar-refractivity contribution in [2.45, 2.75) is 31.1 Å². The molecule has 2 aromatic rings. The number of piperazine rings is 1. The average Bonchev–Trinajstić information content (AvgIpc) is 2.73. The van der Waals surface area contributed by atoms with Gasteiger partial charge in [0.05, 0.1) is 10.6 Å². The van der Waals surface area contributed by atoms with Crippen LogP contribution in [0.15, 0.2) is 53.4 Å². The zero-order valence-electron chi connectivity index (χ0n) is 17.0. The Morgan fingerprint density at radius 1 is 1.00 bits per heavy atom. The maximum absolute atomic E-state index is 13.9. The number of aryl methyl sites for hydroxylation is 1. The Balaban J connectivity index is 1.40. The first-order valence-electron chi connectivity index (χ1n) is 10.3. The van der Waals surface area contributed by atoms with Crippen LogP contribution in [0.2, 0.25) is 0 Å². The summed E-state index contributed by atoms with van der Waals surface area (Å²) in [6, 6.07) is 14.0. The third-order valence-electron chi connectivity index (χ3n) is 5.28. The van der Waals surface area contributed by atoms with Gasteiger partial charge in [0, 0.05) is 32.7 Å². The molecule has 7 heteroatoms. The van der Waals surface area contributed by atoms with Gasteiger partial charge in [-0.1, -0.05) is 37.6 Å². The molecule has 0 bridgehead atoms. The first kappa shape index (κ1) is 21.7. The fourth-order valence-corrected chi connectivity index (χ4v) is 4.71. The lowest BCUT2D eigenvalue weighted by atomic mass is 10.1. The second kappa shape index (κ2) is 10.2. The molecule has 1 saturated heterocycles. The van der Waals surface area contributed by atoms with E-state index in [1.165, 1.54) is 6.07 Å². The van der Waals surface area contributed by atoms with Crippen LogP contribution in [0.5, 0.6) is 0 Å². The van der Waals surface area contributed by atoms with Gasteiger partial charge in [-0.2, -0.15) is 0 Å². The third kappa shape index (κ3) is 6.01. The van der Waals surface area contributed by atoms with Crippen LogP contribution in [0, 0.1) is 5.82 Å². The highest BCUT2D eigenvalue weighted by molar-refractivity contribution is 7.89. The lowest BCUT2D eigenvalue weighted by molar-refractivity contribution is 0.255. The Morgan fingerprint density at radius 3 is 2.34 bits per heavy atom. The van der Waals surface area contributed by atoms with Gasteiger partial charge in [-0.15, -0.1) is 0 Å². The number of hydrogen-bond acceptors (Lipinski definition) is 4. The molecule has 0 radical (unpaired) electrons. The highest BCUT2D eigenvalue weighted by atomic mass is 32.2. The van der Waals surface area contributed by atoms with E-state index in [9.17, 15) is 12.8 Å². The van der Waals surface area contributed by atoms with Crippen LogP contribution in [-0.2, 0) is 16.4 Å². The molecule has 1 heterocycles. The number of nitrogens with zero attached hydrogens (tertiary/aromatic N) is 2. The first-order chi connectivity index (χ1) is 14.0. The van der Waals surface area contributed by atoms with E-state index in [-0.39, 0.29) is 5.82 Å². The SMILES string of the molecule is CCCc1ccc(S(=O)(=O)NCCCN2CCN(c3ccccc3F)CC2)cc1. The summed E-state index contributed by atoms with van der Waals surface area (Å²) in [5.41, 5.74) is 1.81. The van der Waals surface area contributed by atoms with Crippen molar-refractivity contribution in [3.8, 4) is 0 Å².